The number of ether oxygens (including phenoxy) is 1. The van der Waals surface area contributed by atoms with Crippen LogP contribution in [0.25, 0.3) is 11.3 Å². The zero-order valence-electron chi connectivity index (χ0n) is 15.3. The van der Waals surface area contributed by atoms with Gasteiger partial charge in [-0.3, -0.25) is 10.00 Å². The second-order valence-electron chi connectivity index (χ2n) is 7.50. The van der Waals surface area contributed by atoms with Gasteiger partial charge >= 0.3 is 0 Å². The molecule has 25 heavy (non-hydrogen) atoms. The van der Waals surface area contributed by atoms with Gasteiger partial charge in [0.05, 0.1) is 23.2 Å². The predicted molar refractivity (Wildman–Crippen MR) is 99.8 cm³/mol. The summed E-state index contributed by atoms with van der Waals surface area (Å²) in [6, 6.07) is 4.10. The second kappa shape index (κ2) is 6.35. The molecule has 3 N–H and O–H groups in total. The Morgan fingerprint density at radius 2 is 2.00 bits per heavy atom. The zero-order chi connectivity index (χ0) is 17.6. The number of fused-ring (bicyclic) bond motifs is 3. The molecule has 6 nitrogen and oxygen atoms in total. The predicted octanol–water partition coefficient (Wildman–Crippen LogP) is 2.10. The number of nitrogen functional groups attached to an aromatic ring is 1. The van der Waals surface area contributed by atoms with E-state index in [2.05, 4.69) is 33.1 Å². The summed E-state index contributed by atoms with van der Waals surface area (Å²) in [6.45, 7) is 9.45. The summed E-state index contributed by atoms with van der Waals surface area (Å²) in [4.78, 5) is 4.88. The van der Waals surface area contributed by atoms with Crippen molar-refractivity contribution in [1.29, 1.82) is 0 Å². The van der Waals surface area contributed by atoms with Gasteiger partial charge in [-0.25, -0.2) is 0 Å². The van der Waals surface area contributed by atoms with E-state index in [1.807, 2.05) is 19.9 Å². The Balaban J connectivity index is 1.56. The van der Waals surface area contributed by atoms with Gasteiger partial charge in [-0.2, -0.15) is 5.10 Å². The molecule has 4 rings (SSSR count). The highest BCUT2D eigenvalue weighted by Gasteiger charge is 2.27. The Kier molecular flexibility index (Phi) is 4.17. The van der Waals surface area contributed by atoms with Gasteiger partial charge in [0.1, 0.15) is 5.75 Å². The Labute approximate surface area is 148 Å². The number of H-pyrrole nitrogens is 1. The van der Waals surface area contributed by atoms with Crippen LogP contribution in [0.3, 0.4) is 0 Å². The van der Waals surface area contributed by atoms with Gasteiger partial charge in [-0.15, -0.1) is 0 Å². The number of aromatic nitrogens is 2. The van der Waals surface area contributed by atoms with E-state index in [1.54, 1.807) is 0 Å². The van der Waals surface area contributed by atoms with Gasteiger partial charge in [0.25, 0.3) is 0 Å². The number of piperazine rings is 1. The fourth-order valence-corrected chi connectivity index (χ4v) is 3.73. The van der Waals surface area contributed by atoms with Gasteiger partial charge in [-0.1, -0.05) is 0 Å². The van der Waals surface area contributed by atoms with E-state index in [9.17, 15) is 0 Å². The molecule has 2 aromatic rings. The summed E-state index contributed by atoms with van der Waals surface area (Å²) >= 11 is 0. The van der Waals surface area contributed by atoms with Gasteiger partial charge < -0.3 is 15.4 Å². The smallest absolute Gasteiger partial charge is 0.142 e. The first-order valence-electron chi connectivity index (χ1n) is 9.07. The summed E-state index contributed by atoms with van der Waals surface area (Å²) in [5, 5.41) is 7.86. The monoisotopic (exact) mass is 341 g/mol. The molecule has 0 spiro atoms. The molecule has 0 unspecified atom stereocenters. The van der Waals surface area contributed by atoms with Crippen LogP contribution in [-0.4, -0.2) is 59.3 Å². The summed E-state index contributed by atoms with van der Waals surface area (Å²) in [6.07, 6.45) is 1.02. The molecule has 0 atom stereocenters. The molecule has 1 aromatic heterocycles. The lowest BCUT2D eigenvalue weighted by Gasteiger charge is -2.32. The molecule has 2 aliphatic rings. The maximum absolute atomic E-state index is 6.19. The van der Waals surface area contributed by atoms with Crippen LogP contribution in [0.4, 0.5) is 5.69 Å². The van der Waals surface area contributed by atoms with Crippen molar-refractivity contribution in [2.75, 3.05) is 39.0 Å². The first-order chi connectivity index (χ1) is 12.0. The van der Waals surface area contributed by atoms with Crippen molar-refractivity contribution in [1.82, 2.24) is 20.0 Å². The fourth-order valence-electron chi connectivity index (χ4n) is 3.73. The SMILES string of the molecule is CC(C)Oc1cc2c(cc1N)-c1n[nH]c(CN3CCN(C)CC3)c1C2. The quantitative estimate of drug-likeness (QED) is 0.711. The normalized spacial score (nSPS) is 17.8. The largest absolute Gasteiger partial charge is 0.489 e. The summed E-state index contributed by atoms with van der Waals surface area (Å²) in [7, 11) is 2.18. The van der Waals surface area contributed by atoms with Crippen LogP contribution in [0.1, 0.15) is 30.7 Å². The number of nitrogens with zero attached hydrogens (tertiary/aromatic N) is 3. The van der Waals surface area contributed by atoms with Crippen molar-refractivity contribution >= 4 is 5.69 Å². The lowest BCUT2D eigenvalue weighted by Crippen LogP contribution is -2.44. The first kappa shape index (κ1) is 16.4. The number of anilines is 1. The number of likely N-dealkylation sites (N-methyl/N-ethyl adjacent to an activating group) is 1. The highest BCUT2D eigenvalue weighted by Crippen LogP contribution is 2.41. The van der Waals surface area contributed by atoms with E-state index in [1.165, 1.54) is 16.8 Å². The van der Waals surface area contributed by atoms with Gasteiger partial charge in [0, 0.05) is 50.3 Å². The molecule has 2 heterocycles. The van der Waals surface area contributed by atoms with E-state index in [0.717, 1.165) is 56.2 Å². The van der Waals surface area contributed by atoms with E-state index in [0.29, 0.717) is 5.69 Å². The molecule has 1 saturated heterocycles. The van der Waals surface area contributed by atoms with Gasteiger partial charge in [0.2, 0.25) is 0 Å². The van der Waals surface area contributed by atoms with E-state index in [4.69, 9.17) is 10.5 Å². The number of hydrogen-bond acceptors (Lipinski definition) is 5. The molecule has 134 valence electrons. The maximum Gasteiger partial charge on any atom is 0.142 e. The van der Waals surface area contributed by atoms with Gasteiger partial charge in [-0.05, 0) is 38.6 Å². The molecule has 0 radical (unpaired) electrons. The molecule has 0 amide bonds. The van der Waals surface area contributed by atoms with Crippen molar-refractivity contribution in [3.63, 3.8) is 0 Å². The molecular weight excluding hydrogens is 314 g/mol. The fraction of sp³-hybridized carbons (Fsp3) is 0.526. The average Bonchev–Trinajstić information content (AvgIpc) is 3.10. The van der Waals surface area contributed by atoms with Crippen LogP contribution in [0.5, 0.6) is 5.75 Å². The molecule has 0 saturated carbocycles. The molecule has 6 heteroatoms. The molecule has 1 aliphatic carbocycles. The van der Waals surface area contributed by atoms with Crippen LogP contribution in [0.15, 0.2) is 12.1 Å². The van der Waals surface area contributed by atoms with E-state index < -0.39 is 0 Å². The highest BCUT2D eigenvalue weighted by molar-refractivity contribution is 5.79. The third-order valence-electron chi connectivity index (χ3n) is 5.15. The third-order valence-corrected chi connectivity index (χ3v) is 5.15. The highest BCUT2D eigenvalue weighted by atomic mass is 16.5. The minimum Gasteiger partial charge on any atom is -0.489 e. The second-order valence-corrected chi connectivity index (χ2v) is 7.50. The number of rotatable bonds is 4. The molecular formula is C19H27N5O. The minimum absolute atomic E-state index is 0.118. The maximum atomic E-state index is 6.19. The van der Waals surface area contributed by atoms with Crippen molar-refractivity contribution in [2.45, 2.75) is 32.9 Å². The Hall–Kier alpha value is -2.05. The summed E-state index contributed by atoms with van der Waals surface area (Å²) < 4.78 is 5.84. The van der Waals surface area contributed by atoms with Crippen LogP contribution in [-0.2, 0) is 13.0 Å². The molecule has 1 aliphatic heterocycles. The van der Waals surface area contributed by atoms with Crippen LogP contribution < -0.4 is 10.5 Å². The van der Waals surface area contributed by atoms with E-state index in [-0.39, 0.29) is 6.10 Å². The number of aromatic amines is 1. The summed E-state index contributed by atoms with van der Waals surface area (Å²) in [5.74, 6) is 0.781. The van der Waals surface area contributed by atoms with Crippen LogP contribution in [0.2, 0.25) is 0 Å². The number of hydrogen-bond donors (Lipinski definition) is 2. The molecule has 1 fully saturated rings. The topological polar surface area (TPSA) is 70.4 Å². The number of nitrogens with one attached hydrogen (secondary N) is 1. The van der Waals surface area contributed by atoms with Crippen LogP contribution >= 0.6 is 0 Å². The number of benzene rings is 1. The molecule has 1 aromatic carbocycles. The minimum atomic E-state index is 0.118. The standard InChI is InChI=1S/C19H27N5O/c1-12(2)25-18-9-13-8-15-17(11-24-6-4-23(3)5-7-24)21-22-19(15)14(13)10-16(18)20/h9-10,12H,4-8,11,20H2,1-3H3,(H,21,22). The average molecular weight is 341 g/mol. The Morgan fingerprint density at radius 3 is 2.72 bits per heavy atom. The zero-order valence-corrected chi connectivity index (χ0v) is 15.3. The molecule has 0 bridgehead atoms. The Bertz CT molecular complexity index is 774. The van der Waals surface area contributed by atoms with Crippen molar-refractivity contribution < 1.29 is 4.74 Å². The summed E-state index contributed by atoms with van der Waals surface area (Å²) in [5.41, 5.74) is 12.9. The number of nitrogens with two attached hydrogens (primary N) is 1. The lowest BCUT2D eigenvalue weighted by molar-refractivity contribution is 0.146. The lowest BCUT2D eigenvalue weighted by atomic mass is 10.1. The third kappa shape index (κ3) is 3.12. The van der Waals surface area contributed by atoms with E-state index >= 15 is 0 Å². The van der Waals surface area contributed by atoms with Crippen molar-refractivity contribution in [2.24, 2.45) is 0 Å². The first-order valence-corrected chi connectivity index (χ1v) is 9.07. The van der Waals surface area contributed by atoms with Gasteiger partial charge in [0.15, 0.2) is 0 Å². The van der Waals surface area contributed by atoms with Crippen LogP contribution in [0, 0.1) is 0 Å². The van der Waals surface area contributed by atoms with Crippen molar-refractivity contribution in [3.8, 4) is 17.0 Å². The van der Waals surface area contributed by atoms with Crippen molar-refractivity contribution in [3.05, 3.63) is 29.0 Å². The Morgan fingerprint density at radius 1 is 1.24 bits per heavy atom.